The molecule has 8 heteroatoms. The third kappa shape index (κ3) is 5.36. The molecule has 4 nitrogen and oxygen atoms in total. The van der Waals surface area contributed by atoms with E-state index in [-0.39, 0.29) is 11.4 Å². The molecule has 1 aromatic carbocycles. The molecule has 2 rings (SSSR count). The van der Waals surface area contributed by atoms with Gasteiger partial charge in [0, 0.05) is 18.8 Å². The Labute approximate surface area is 148 Å². The third-order valence-corrected chi connectivity index (χ3v) is 4.63. The zero-order valence-corrected chi connectivity index (χ0v) is 14.3. The molecule has 1 aromatic rings. The van der Waals surface area contributed by atoms with Gasteiger partial charge in [0.15, 0.2) is 5.70 Å². The largest absolute Gasteiger partial charge is 0.416 e. The first-order valence-corrected chi connectivity index (χ1v) is 8.66. The molecule has 1 fully saturated rings. The minimum absolute atomic E-state index is 0.161. The zero-order valence-electron chi connectivity index (χ0n) is 13.5. The number of thioether (sulfide) groups is 1. The maximum absolute atomic E-state index is 12.6. The van der Waals surface area contributed by atoms with Crippen LogP contribution < -0.4 is 0 Å². The summed E-state index contributed by atoms with van der Waals surface area (Å²) in [5, 5.41) is 18.0. The van der Waals surface area contributed by atoms with E-state index in [0.29, 0.717) is 5.75 Å². The molecule has 1 heterocycles. The Balaban J connectivity index is 2.24. The summed E-state index contributed by atoms with van der Waals surface area (Å²) in [7, 11) is 0. The molecule has 0 spiro atoms. The number of likely N-dealkylation sites (tertiary alicyclic amines) is 1. The summed E-state index contributed by atoms with van der Waals surface area (Å²) in [5.41, 5.74) is -0.328. The maximum Gasteiger partial charge on any atom is 0.416 e. The van der Waals surface area contributed by atoms with Gasteiger partial charge in [-0.1, -0.05) is 6.08 Å². The number of benzene rings is 1. The SMILES string of the molecule is C=CCS/C(=C(\C#N)N=Nc1ccc(C(F)(F)F)cc1)N1CCCC1. The Morgan fingerprint density at radius 1 is 1.28 bits per heavy atom. The number of alkyl halides is 3. The maximum atomic E-state index is 12.6. The zero-order chi connectivity index (χ0) is 18.3. The van der Waals surface area contributed by atoms with Crippen molar-refractivity contribution in [3.8, 4) is 6.07 Å². The molecule has 1 saturated heterocycles. The van der Waals surface area contributed by atoms with Crippen LogP contribution in [0.1, 0.15) is 18.4 Å². The van der Waals surface area contributed by atoms with Crippen LogP contribution >= 0.6 is 11.8 Å². The summed E-state index contributed by atoms with van der Waals surface area (Å²) in [6.07, 6.45) is -0.555. The number of allylic oxidation sites excluding steroid dienone is 1. The smallest absolute Gasteiger partial charge is 0.364 e. The number of azo groups is 1. The van der Waals surface area contributed by atoms with E-state index < -0.39 is 11.7 Å². The highest BCUT2D eigenvalue weighted by Crippen LogP contribution is 2.31. The molecule has 1 aliphatic rings. The summed E-state index contributed by atoms with van der Waals surface area (Å²) < 4.78 is 37.7. The predicted octanol–water partition coefficient (Wildman–Crippen LogP) is 5.50. The van der Waals surface area contributed by atoms with E-state index in [1.807, 2.05) is 6.07 Å². The highest BCUT2D eigenvalue weighted by Gasteiger charge is 2.29. The summed E-state index contributed by atoms with van der Waals surface area (Å²) in [6.45, 7) is 5.37. The fourth-order valence-electron chi connectivity index (χ4n) is 2.31. The van der Waals surface area contributed by atoms with Crippen molar-refractivity contribution >= 4 is 17.4 Å². The number of nitriles is 1. The second-order valence-corrected chi connectivity index (χ2v) is 6.31. The normalized spacial score (nSPS) is 16.0. The minimum atomic E-state index is -4.39. The van der Waals surface area contributed by atoms with Crippen molar-refractivity contribution in [1.82, 2.24) is 4.90 Å². The second kappa shape index (κ2) is 8.72. The molecule has 132 valence electrons. The van der Waals surface area contributed by atoms with Crippen LogP contribution in [0.2, 0.25) is 0 Å². The van der Waals surface area contributed by atoms with Gasteiger partial charge in [-0.05, 0) is 37.1 Å². The second-order valence-electron chi connectivity index (χ2n) is 5.30. The Hall–Kier alpha value is -2.27. The van der Waals surface area contributed by atoms with Gasteiger partial charge >= 0.3 is 6.18 Å². The molecule has 0 atom stereocenters. The Morgan fingerprint density at radius 3 is 2.44 bits per heavy atom. The number of halogens is 3. The summed E-state index contributed by atoms with van der Waals surface area (Å²) in [6, 6.07) is 6.38. The molecule has 25 heavy (non-hydrogen) atoms. The molecule has 1 aliphatic heterocycles. The van der Waals surface area contributed by atoms with Gasteiger partial charge in [-0.2, -0.15) is 18.4 Å². The van der Waals surface area contributed by atoms with E-state index in [4.69, 9.17) is 0 Å². The van der Waals surface area contributed by atoms with Gasteiger partial charge in [0.2, 0.25) is 0 Å². The highest BCUT2D eigenvalue weighted by atomic mass is 32.2. The van der Waals surface area contributed by atoms with Gasteiger partial charge in [-0.15, -0.1) is 28.6 Å². The molecule has 0 amide bonds. The number of rotatable bonds is 6. The standard InChI is InChI=1S/C17H17F3N4S/c1-2-11-25-16(24-9-3-4-10-24)15(12-21)23-22-14-7-5-13(6-8-14)17(18,19)20/h2,5-8H,1,3-4,9-11H2/b16-15+,23-22?. The van der Waals surface area contributed by atoms with Gasteiger partial charge in [0.05, 0.1) is 11.3 Å². The van der Waals surface area contributed by atoms with Crippen molar-refractivity contribution in [3.63, 3.8) is 0 Å². The molecular weight excluding hydrogens is 349 g/mol. The van der Waals surface area contributed by atoms with Gasteiger partial charge < -0.3 is 4.90 Å². The quantitative estimate of drug-likeness (QED) is 0.380. The number of nitrogens with zero attached hydrogens (tertiary/aromatic N) is 4. The van der Waals surface area contributed by atoms with Crippen LogP contribution in [0, 0.1) is 11.3 Å². The van der Waals surface area contributed by atoms with Gasteiger partial charge in [0.25, 0.3) is 0 Å². The summed E-state index contributed by atoms with van der Waals surface area (Å²) in [4.78, 5) is 2.08. The van der Waals surface area contributed by atoms with Crippen LogP contribution in [0.4, 0.5) is 18.9 Å². The summed E-state index contributed by atoms with van der Waals surface area (Å²) in [5.74, 6) is 0.632. The summed E-state index contributed by atoms with van der Waals surface area (Å²) >= 11 is 1.45. The third-order valence-electron chi connectivity index (χ3n) is 3.50. The molecule has 0 aromatic heterocycles. The first-order chi connectivity index (χ1) is 12.0. The van der Waals surface area contributed by atoms with E-state index >= 15 is 0 Å². The van der Waals surface area contributed by atoms with Crippen molar-refractivity contribution < 1.29 is 13.2 Å². The molecule has 0 N–H and O–H groups in total. The van der Waals surface area contributed by atoms with Crippen LogP contribution in [0.5, 0.6) is 0 Å². The lowest BCUT2D eigenvalue weighted by molar-refractivity contribution is -0.137. The Bertz CT molecular complexity index is 696. The molecule has 0 saturated carbocycles. The van der Waals surface area contributed by atoms with Crippen molar-refractivity contribution in [1.29, 1.82) is 5.26 Å². The number of hydrogen-bond donors (Lipinski definition) is 0. The molecular formula is C17H17F3N4S. The van der Waals surface area contributed by atoms with Crippen molar-refractivity contribution in [3.05, 3.63) is 53.2 Å². The van der Waals surface area contributed by atoms with Crippen LogP contribution in [0.25, 0.3) is 0 Å². The van der Waals surface area contributed by atoms with Gasteiger partial charge in [-0.3, -0.25) is 0 Å². The predicted molar refractivity (Wildman–Crippen MR) is 92.1 cm³/mol. The fraction of sp³-hybridized carbons (Fsp3) is 0.353. The first kappa shape index (κ1) is 19.1. The van der Waals surface area contributed by atoms with Gasteiger partial charge in [-0.25, -0.2) is 0 Å². The average Bonchev–Trinajstić information content (AvgIpc) is 3.11. The molecule has 0 radical (unpaired) electrons. The minimum Gasteiger partial charge on any atom is -0.364 e. The van der Waals surface area contributed by atoms with Crippen molar-refractivity contribution in [2.75, 3.05) is 18.8 Å². The Morgan fingerprint density at radius 2 is 1.92 bits per heavy atom. The van der Waals surface area contributed by atoms with E-state index in [1.54, 1.807) is 6.08 Å². The molecule has 0 bridgehead atoms. The van der Waals surface area contributed by atoms with Gasteiger partial charge in [0.1, 0.15) is 11.1 Å². The van der Waals surface area contributed by atoms with Crippen LogP contribution in [-0.2, 0) is 6.18 Å². The van der Waals surface area contributed by atoms with E-state index in [1.165, 1.54) is 23.9 Å². The van der Waals surface area contributed by atoms with Crippen LogP contribution in [0.3, 0.4) is 0 Å². The monoisotopic (exact) mass is 366 g/mol. The Kier molecular flexibility index (Phi) is 6.65. The van der Waals surface area contributed by atoms with Crippen molar-refractivity contribution in [2.24, 2.45) is 10.2 Å². The van der Waals surface area contributed by atoms with E-state index in [9.17, 15) is 18.4 Å². The first-order valence-electron chi connectivity index (χ1n) is 7.67. The van der Waals surface area contributed by atoms with Crippen LogP contribution in [-0.4, -0.2) is 23.7 Å². The van der Waals surface area contributed by atoms with Crippen molar-refractivity contribution in [2.45, 2.75) is 19.0 Å². The van der Waals surface area contributed by atoms with E-state index in [0.717, 1.165) is 43.1 Å². The lowest BCUT2D eigenvalue weighted by atomic mass is 10.2. The topological polar surface area (TPSA) is 51.8 Å². The highest BCUT2D eigenvalue weighted by molar-refractivity contribution is 8.03. The lowest BCUT2D eigenvalue weighted by Gasteiger charge is -2.20. The van der Waals surface area contributed by atoms with E-state index in [2.05, 4.69) is 21.7 Å². The molecule has 0 unspecified atom stereocenters. The lowest BCUT2D eigenvalue weighted by Crippen LogP contribution is -2.18. The number of hydrogen-bond acceptors (Lipinski definition) is 5. The molecule has 0 aliphatic carbocycles. The fourth-order valence-corrected chi connectivity index (χ4v) is 3.17. The van der Waals surface area contributed by atoms with Crippen LogP contribution in [0.15, 0.2) is 57.9 Å². The average molecular weight is 366 g/mol.